The Morgan fingerprint density at radius 1 is 1.35 bits per heavy atom. The van der Waals surface area contributed by atoms with Crippen LogP contribution >= 0.6 is 0 Å². The molecule has 1 aromatic carbocycles. The monoisotopic (exact) mass is 277 g/mol. The summed E-state index contributed by atoms with van der Waals surface area (Å²) in [4.78, 5) is 13.8. The number of amides is 1. The quantitative estimate of drug-likeness (QED) is 0.717. The average molecular weight is 277 g/mol. The molecule has 0 fully saturated rings. The molecule has 0 bridgehead atoms. The molecule has 0 heterocycles. The van der Waals surface area contributed by atoms with Gasteiger partial charge in [0.2, 0.25) is 5.91 Å². The molecule has 0 aliphatic rings. The number of carbonyl (C=O) groups excluding carboxylic acids is 1. The second-order valence-corrected chi connectivity index (χ2v) is 5.60. The van der Waals surface area contributed by atoms with Gasteiger partial charge in [-0.25, -0.2) is 0 Å². The summed E-state index contributed by atoms with van der Waals surface area (Å²) in [5.74, 6) is -0.294. The van der Waals surface area contributed by atoms with Crippen LogP contribution in [0.2, 0.25) is 0 Å². The number of likely N-dealkylation sites (N-methyl/N-ethyl adjacent to an activating group) is 1. The zero-order valence-electron chi connectivity index (χ0n) is 12.9. The Balaban J connectivity index is 2.49. The van der Waals surface area contributed by atoms with Crippen LogP contribution in [-0.2, 0) is 11.2 Å². The number of nitrogens with two attached hydrogens (primary N) is 1. The van der Waals surface area contributed by atoms with Crippen molar-refractivity contribution in [2.75, 3.05) is 26.7 Å². The van der Waals surface area contributed by atoms with E-state index >= 15 is 0 Å². The standard InChI is InChI=1S/C16H27N3O/c1-4-11-18-16(2,15(17)20)13-19(3)12-10-14-8-6-5-7-9-14/h5-9,18H,4,10-13H2,1-3H3,(H2,17,20). The predicted molar refractivity (Wildman–Crippen MR) is 83.5 cm³/mol. The first-order valence-electron chi connectivity index (χ1n) is 7.25. The fraction of sp³-hybridized carbons (Fsp3) is 0.562. The fourth-order valence-corrected chi connectivity index (χ4v) is 2.21. The molecule has 1 rings (SSSR count). The van der Waals surface area contributed by atoms with E-state index in [0.717, 1.165) is 25.9 Å². The third-order valence-corrected chi connectivity index (χ3v) is 3.52. The first-order valence-corrected chi connectivity index (χ1v) is 7.25. The molecule has 0 aliphatic carbocycles. The van der Waals surface area contributed by atoms with E-state index in [1.54, 1.807) is 0 Å². The Bertz CT molecular complexity index is 407. The maximum Gasteiger partial charge on any atom is 0.238 e. The summed E-state index contributed by atoms with van der Waals surface area (Å²) in [7, 11) is 2.03. The highest BCUT2D eigenvalue weighted by Gasteiger charge is 2.31. The second kappa shape index (κ2) is 8.02. The van der Waals surface area contributed by atoms with E-state index in [9.17, 15) is 4.79 Å². The number of rotatable bonds is 9. The predicted octanol–water partition coefficient (Wildman–Crippen LogP) is 1.40. The van der Waals surface area contributed by atoms with Crippen LogP contribution in [0.5, 0.6) is 0 Å². The number of carbonyl (C=O) groups is 1. The Labute approximate surface area is 122 Å². The maximum absolute atomic E-state index is 11.7. The Hall–Kier alpha value is -1.39. The van der Waals surface area contributed by atoms with Crippen molar-refractivity contribution in [3.63, 3.8) is 0 Å². The number of hydrogen-bond donors (Lipinski definition) is 2. The molecule has 0 aromatic heterocycles. The van der Waals surface area contributed by atoms with Crippen molar-refractivity contribution >= 4 is 5.91 Å². The van der Waals surface area contributed by atoms with Crippen molar-refractivity contribution in [1.82, 2.24) is 10.2 Å². The van der Waals surface area contributed by atoms with E-state index in [1.807, 2.05) is 32.2 Å². The highest BCUT2D eigenvalue weighted by atomic mass is 16.1. The molecule has 0 saturated carbocycles. The van der Waals surface area contributed by atoms with Crippen molar-refractivity contribution < 1.29 is 4.79 Å². The largest absolute Gasteiger partial charge is 0.368 e. The highest BCUT2D eigenvalue weighted by molar-refractivity contribution is 5.84. The molecule has 3 N–H and O–H groups in total. The van der Waals surface area contributed by atoms with Gasteiger partial charge in [-0.3, -0.25) is 4.79 Å². The summed E-state index contributed by atoms with van der Waals surface area (Å²) in [6.45, 7) is 6.28. The molecule has 0 radical (unpaired) electrons. The molecule has 0 saturated heterocycles. The number of hydrogen-bond acceptors (Lipinski definition) is 3. The van der Waals surface area contributed by atoms with Gasteiger partial charge in [-0.05, 0) is 38.9 Å². The van der Waals surface area contributed by atoms with Gasteiger partial charge in [0.05, 0.1) is 0 Å². The van der Waals surface area contributed by atoms with E-state index < -0.39 is 5.54 Å². The van der Waals surface area contributed by atoms with Crippen molar-refractivity contribution in [3.05, 3.63) is 35.9 Å². The van der Waals surface area contributed by atoms with Crippen molar-refractivity contribution in [1.29, 1.82) is 0 Å². The van der Waals surface area contributed by atoms with Crippen molar-refractivity contribution in [3.8, 4) is 0 Å². The lowest BCUT2D eigenvalue weighted by molar-refractivity contribution is -0.124. The molecule has 112 valence electrons. The maximum atomic E-state index is 11.7. The van der Waals surface area contributed by atoms with E-state index in [2.05, 4.69) is 29.3 Å². The topological polar surface area (TPSA) is 58.4 Å². The van der Waals surface area contributed by atoms with Crippen LogP contribution in [0.4, 0.5) is 0 Å². The summed E-state index contributed by atoms with van der Waals surface area (Å²) < 4.78 is 0. The van der Waals surface area contributed by atoms with Gasteiger partial charge < -0.3 is 16.0 Å². The molecular formula is C16H27N3O. The van der Waals surface area contributed by atoms with Gasteiger partial charge in [0.15, 0.2) is 0 Å². The molecule has 0 aliphatic heterocycles. The highest BCUT2D eigenvalue weighted by Crippen LogP contribution is 2.07. The zero-order valence-corrected chi connectivity index (χ0v) is 12.9. The lowest BCUT2D eigenvalue weighted by Gasteiger charge is -2.32. The zero-order chi connectivity index (χ0) is 15.0. The minimum absolute atomic E-state index is 0.294. The Kier molecular flexibility index (Phi) is 6.68. The van der Waals surface area contributed by atoms with Crippen LogP contribution < -0.4 is 11.1 Å². The molecule has 4 nitrogen and oxygen atoms in total. The van der Waals surface area contributed by atoms with Crippen LogP contribution in [0.25, 0.3) is 0 Å². The van der Waals surface area contributed by atoms with Crippen LogP contribution in [-0.4, -0.2) is 43.0 Å². The minimum atomic E-state index is -0.665. The van der Waals surface area contributed by atoms with Gasteiger partial charge >= 0.3 is 0 Å². The summed E-state index contributed by atoms with van der Waals surface area (Å²) in [5.41, 5.74) is 6.18. The number of nitrogens with zero attached hydrogens (tertiary/aromatic N) is 1. The first-order chi connectivity index (χ1) is 9.48. The Morgan fingerprint density at radius 3 is 2.55 bits per heavy atom. The second-order valence-electron chi connectivity index (χ2n) is 5.60. The van der Waals surface area contributed by atoms with Gasteiger partial charge in [0, 0.05) is 13.1 Å². The molecule has 1 atom stereocenters. The van der Waals surface area contributed by atoms with Gasteiger partial charge in [0.1, 0.15) is 5.54 Å². The van der Waals surface area contributed by atoms with Crippen molar-refractivity contribution in [2.24, 2.45) is 5.73 Å². The summed E-state index contributed by atoms with van der Waals surface area (Å²) in [6, 6.07) is 10.4. The summed E-state index contributed by atoms with van der Waals surface area (Å²) in [5, 5.41) is 3.26. The molecule has 1 aromatic rings. The average Bonchev–Trinajstić information content (AvgIpc) is 2.44. The first kappa shape index (κ1) is 16.7. The van der Waals surface area contributed by atoms with E-state index in [1.165, 1.54) is 5.56 Å². The summed E-state index contributed by atoms with van der Waals surface area (Å²) >= 11 is 0. The Morgan fingerprint density at radius 2 is 2.00 bits per heavy atom. The van der Waals surface area contributed by atoms with Gasteiger partial charge in [-0.15, -0.1) is 0 Å². The normalized spacial score (nSPS) is 14.2. The molecule has 20 heavy (non-hydrogen) atoms. The van der Waals surface area contributed by atoms with E-state index in [0.29, 0.717) is 6.54 Å². The molecule has 4 heteroatoms. The molecular weight excluding hydrogens is 250 g/mol. The smallest absolute Gasteiger partial charge is 0.238 e. The number of nitrogens with one attached hydrogen (secondary N) is 1. The van der Waals surface area contributed by atoms with E-state index in [-0.39, 0.29) is 5.91 Å². The van der Waals surface area contributed by atoms with E-state index in [4.69, 9.17) is 5.73 Å². The minimum Gasteiger partial charge on any atom is -0.368 e. The third kappa shape index (κ3) is 5.31. The third-order valence-electron chi connectivity index (χ3n) is 3.52. The number of benzene rings is 1. The van der Waals surface area contributed by atoms with Crippen LogP contribution in [0.1, 0.15) is 25.8 Å². The van der Waals surface area contributed by atoms with Gasteiger partial charge in [0.25, 0.3) is 0 Å². The molecule has 0 spiro atoms. The summed E-state index contributed by atoms with van der Waals surface area (Å²) in [6.07, 6.45) is 1.95. The van der Waals surface area contributed by atoms with Crippen LogP contribution in [0, 0.1) is 0 Å². The molecule has 1 amide bonds. The van der Waals surface area contributed by atoms with Crippen LogP contribution in [0.15, 0.2) is 30.3 Å². The lowest BCUT2D eigenvalue weighted by Crippen LogP contribution is -2.59. The van der Waals surface area contributed by atoms with Crippen LogP contribution in [0.3, 0.4) is 0 Å². The number of primary amides is 1. The molecule has 1 unspecified atom stereocenters. The van der Waals surface area contributed by atoms with Crippen molar-refractivity contribution in [2.45, 2.75) is 32.2 Å². The van der Waals surface area contributed by atoms with Gasteiger partial charge in [-0.2, -0.15) is 0 Å². The SMILES string of the molecule is CCCNC(C)(CN(C)CCc1ccccc1)C(N)=O. The van der Waals surface area contributed by atoms with Gasteiger partial charge in [-0.1, -0.05) is 37.3 Å². The lowest BCUT2D eigenvalue weighted by atomic mass is 10.0. The fourth-order valence-electron chi connectivity index (χ4n) is 2.21.